The summed E-state index contributed by atoms with van der Waals surface area (Å²) in [6, 6.07) is 11.4. The molecule has 3 N–H and O–H groups in total. The van der Waals surface area contributed by atoms with Crippen LogP contribution in [0.2, 0.25) is 10.2 Å². The lowest BCUT2D eigenvalue weighted by molar-refractivity contribution is 0.551. The molecule has 0 fully saturated rings. The van der Waals surface area contributed by atoms with Crippen LogP contribution in [0.3, 0.4) is 0 Å². The van der Waals surface area contributed by atoms with Crippen LogP contribution in [0.15, 0.2) is 42.6 Å². The topological polar surface area (TPSA) is 50.9 Å². The fourth-order valence-electron chi connectivity index (χ4n) is 1.81. The van der Waals surface area contributed by atoms with E-state index < -0.39 is 0 Å². The van der Waals surface area contributed by atoms with Crippen LogP contribution in [-0.2, 0) is 6.42 Å². The maximum atomic E-state index is 5.96. The Balaban J connectivity index is 2.19. The molecule has 2 aromatic rings. The monoisotopic (exact) mass is 281 g/mol. The summed E-state index contributed by atoms with van der Waals surface area (Å²) in [6.07, 6.45) is 2.40. The van der Waals surface area contributed by atoms with Gasteiger partial charge in [0.2, 0.25) is 0 Å². The number of nitrogens with zero attached hydrogens (tertiary/aromatic N) is 1. The number of hydrogen-bond acceptors (Lipinski definition) is 3. The van der Waals surface area contributed by atoms with Gasteiger partial charge in [0.05, 0.1) is 6.04 Å². The van der Waals surface area contributed by atoms with E-state index in [0.29, 0.717) is 5.15 Å². The lowest BCUT2D eigenvalue weighted by atomic mass is 10.0. The molecule has 1 aromatic carbocycles. The Bertz CT molecular complexity index is 531. The molecule has 18 heavy (non-hydrogen) atoms. The summed E-state index contributed by atoms with van der Waals surface area (Å²) in [5.74, 6) is 5.59. The van der Waals surface area contributed by atoms with Crippen molar-refractivity contribution in [1.29, 1.82) is 0 Å². The Labute approximate surface area is 116 Å². The fourth-order valence-corrected chi connectivity index (χ4v) is 2.20. The van der Waals surface area contributed by atoms with Crippen molar-refractivity contribution in [2.75, 3.05) is 0 Å². The second-order valence-electron chi connectivity index (χ2n) is 3.97. The maximum absolute atomic E-state index is 5.96. The molecule has 0 aliphatic carbocycles. The summed E-state index contributed by atoms with van der Waals surface area (Å²) in [5.41, 5.74) is 4.89. The minimum absolute atomic E-state index is 0.0241. The molecule has 1 heterocycles. The summed E-state index contributed by atoms with van der Waals surface area (Å²) in [4.78, 5) is 3.95. The van der Waals surface area contributed by atoms with Crippen LogP contribution in [0.25, 0.3) is 0 Å². The Morgan fingerprint density at radius 3 is 2.72 bits per heavy atom. The normalized spacial score (nSPS) is 12.4. The van der Waals surface area contributed by atoms with Gasteiger partial charge in [-0.1, -0.05) is 35.3 Å². The van der Waals surface area contributed by atoms with Crippen LogP contribution in [0.1, 0.15) is 17.2 Å². The lowest BCUT2D eigenvalue weighted by Crippen LogP contribution is -2.29. The number of hydrazine groups is 1. The third-order valence-electron chi connectivity index (χ3n) is 2.68. The Hall–Kier alpha value is -1.13. The molecular formula is C13H13Cl2N3. The summed E-state index contributed by atoms with van der Waals surface area (Å²) in [6.45, 7) is 0. The SMILES string of the molecule is NNC(Cc1cccc(Cl)c1)c1ccnc(Cl)c1. The van der Waals surface area contributed by atoms with Crippen molar-refractivity contribution in [3.63, 3.8) is 0 Å². The van der Waals surface area contributed by atoms with Gasteiger partial charge in [0.1, 0.15) is 5.15 Å². The van der Waals surface area contributed by atoms with Crippen molar-refractivity contribution in [2.24, 2.45) is 5.84 Å². The van der Waals surface area contributed by atoms with Gasteiger partial charge in [-0.05, 0) is 41.8 Å². The average Bonchev–Trinajstić information content (AvgIpc) is 2.36. The standard InChI is InChI=1S/C13H13Cl2N3/c14-11-3-1-2-9(6-11)7-12(18-16)10-4-5-17-13(15)8-10/h1-6,8,12,18H,7,16H2. The van der Waals surface area contributed by atoms with Crippen LogP contribution in [-0.4, -0.2) is 4.98 Å². The van der Waals surface area contributed by atoms with Crippen molar-refractivity contribution < 1.29 is 0 Å². The third-order valence-corrected chi connectivity index (χ3v) is 3.12. The van der Waals surface area contributed by atoms with E-state index in [1.54, 1.807) is 12.3 Å². The number of aromatic nitrogens is 1. The summed E-state index contributed by atoms with van der Waals surface area (Å²) >= 11 is 11.8. The molecular weight excluding hydrogens is 269 g/mol. The first-order chi connectivity index (χ1) is 8.69. The van der Waals surface area contributed by atoms with Crippen molar-refractivity contribution in [3.8, 4) is 0 Å². The van der Waals surface area contributed by atoms with E-state index in [4.69, 9.17) is 29.0 Å². The maximum Gasteiger partial charge on any atom is 0.129 e. The Kier molecular flexibility index (Phi) is 4.55. The highest BCUT2D eigenvalue weighted by Gasteiger charge is 2.11. The predicted molar refractivity (Wildman–Crippen MR) is 74.5 cm³/mol. The van der Waals surface area contributed by atoms with Crippen LogP contribution in [0.4, 0.5) is 0 Å². The number of nitrogens with one attached hydrogen (secondary N) is 1. The molecule has 1 unspecified atom stereocenters. The molecule has 0 saturated heterocycles. The smallest absolute Gasteiger partial charge is 0.129 e. The van der Waals surface area contributed by atoms with Crippen molar-refractivity contribution in [1.82, 2.24) is 10.4 Å². The molecule has 5 heteroatoms. The van der Waals surface area contributed by atoms with E-state index in [1.165, 1.54) is 0 Å². The fraction of sp³-hybridized carbons (Fsp3) is 0.154. The van der Waals surface area contributed by atoms with Gasteiger partial charge < -0.3 is 0 Å². The molecule has 0 saturated carbocycles. The van der Waals surface area contributed by atoms with E-state index >= 15 is 0 Å². The average molecular weight is 282 g/mol. The van der Waals surface area contributed by atoms with Crippen LogP contribution < -0.4 is 11.3 Å². The summed E-state index contributed by atoms with van der Waals surface area (Å²) in [7, 11) is 0. The molecule has 0 amide bonds. The minimum Gasteiger partial charge on any atom is -0.271 e. The van der Waals surface area contributed by atoms with Gasteiger partial charge in [0.15, 0.2) is 0 Å². The highest BCUT2D eigenvalue weighted by atomic mass is 35.5. The minimum atomic E-state index is -0.0241. The molecule has 0 spiro atoms. The number of pyridine rings is 1. The molecule has 0 aliphatic rings. The first kappa shape index (κ1) is 13.3. The lowest BCUT2D eigenvalue weighted by Gasteiger charge is -2.16. The van der Waals surface area contributed by atoms with Crippen molar-refractivity contribution in [3.05, 3.63) is 63.9 Å². The highest BCUT2D eigenvalue weighted by Crippen LogP contribution is 2.21. The number of nitrogens with two attached hydrogens (primary N) is 1. The molecule has 1 atom stereocenters. The molecule has 3 nitrogen and oxygen atoms in total. The zero-order valence-electron chi connectivity index (χ0n) is 9.61. The van der Waals surface area contributed by atoms with E-state index in [-0.39, 0.29) is 6.04 Å². The van der Waals surface area contributed by atoms with Gasteiger partial charge in [-0.25, -0.2) is 4.98 Å². The third kappa shape index (κ3) is 3.43. The highest BCUT2D eigenvalue weighted by molar-refractivity contribution is 6.30. The van der Waals surface area contributed by atoms with E-state index in [1.807, 2.05) is 30.3 Å². The van der Waals surface area contributed by atoms with E-state index in [2.05, 4.69) is 10.4 Å². The first-order valence-corrected chi connectivity index (χ1v) is 6.26. The molecule has 0 aliphatic heterocycles. The number of hydrogen-bond donors (Lipinski definition) is 2. The molecule has 94 valence electrons. The molecule has 0 radical (unpaired) electrons. The second kappa shape index (κ2) is 6.16. The Morgan fingerprint density at radius 1 is 1.22 bits per heavy atom. The van der Waals surface area contributed by atoms with Crippen LogP contribution in [0.5, 0.6) is 0 Å². The number of rotatable bonds is 4. The van der Waals surface area contributed by atoms with E-state index in [0.717, 1.165) is 22.6 Å². The Morgan fingerprint density at radius 2 is 2.06 bits per heavy atom. The molecule has 1 aromatic heterocycles. The van der Waals surface area contributed by atoms with Gasteiger partial charge in [0, 0.05) is 11.2 Å². The van der Waals surface area contributed by atoms with Crippen molar-refractivity contribution in [2.45, 2.75) is 12.5 Å². The quantitative estimate of drug-likeness (QED) is 0.514. The predicted octanol–water partition coefficient (Wildman–Crippen LogP) is 3.14. The van der Waals surface area contributed by atoms with Crippen LogP contribution in [0, 0.1) is 0 Å². The van der Waals surface area contributed by atoms with Gasteiger partial charge in [0.25, 0.3) is 0 Å². The molecule has 2 rings (SSSR count). The molecule has 0 bridgehead atoms. The largest absolute Gasteiger partial charge is 0.271 e. The van der Waals surface area contributed by atoms with Gasteiger partial charge >= 0.3 is 0 Å². The number of benzene rings is 1. The zero-order chi connectivity index (χ0) is 13.0. The zero-order valence-corrected chi connectivity index (χ0v) is 11.1. The van der Waals surface area contributed by atoms with Gasteiger partial charge in [-0.15, -0.1) is 0 Å². The van der Waals surface area contributed by atoms with E-state index in [9.17, 15) is 0 Å². The van der Waals surface area contributed by atoms with Gasteiger partial charge in [-0.3, -0.25) is 11.3 Å². The number of halogens is 2. The van der Waals surface area contributed by atoms with Crippen LogP contribution >= 0.6 is 23.2 Å². The van der Waals surface area contributed by atoms with Gasteiger partial charge in [-0.2, -0.15) is 0 Å². The second-order valence-corrected chi connectivity index (χ2v) is 4.79. The van der Waals surface area contributed by atoms with Crippen molar-refractivity contribution >= 4 is 23.2 Å². The first-order valence-electron chi connectivity index (χ1n) is 5.51. The summed E-state index contributed by atoms with van der Waals surface area (Å²) < 4.78 is 0. The summed E-state index contributed by atoms with van der Waals surface area (Å²) in [5, 5.41) is 1.18.